The lowest BCUT2D eigenvalue weighted by atomic mass is 10.2. The van der Waals surface area contributed by atoms with Crippen molar-refractivity contribution in [2.24, 2.45) is 0 Å². The number of aromatic nitrogens is 2. The first-order valence-corrected chi connectivity index (χ1v) is 5.53. The molecule has 6 heteroatoms. The number of nitrogens with zero attached hydrogens (tertiary/aromatic N) is 2. The van der Waals surface area contributed by atoms with Crippen LogP contribution >= 0.6 is 0 Å². The number of halogens is 3. The molecule has 0 radical (unpaired) electrons. The Balaban J connectivity index is 2.67. The van der Waals surface area contributed by atoms with Crippen LogP contribution in [0.3, 0.4) is 0 Å². The lowest BCUT2D eigenvalue weighted by molar-refractivity contribution is -0.137. The molecule has 0 aliphatic rings. The Kier molecular flexibility index (Phi) is 3.18. The third kappa shape index (κ3) is 2.52. The molecule has 0 fully saturated rings. The van der Waals surface area contributed by atoms with E-state index in [0.717, 1.165) is 12.1 Å². The summed E-state index contributed by atoms with van der Waals surface area (Å²) in [5.74, 6) is 0. The van der Waals surface area contributed by atoms with Crippen molar-refractivity contribution >= 4 is 0 Å². The average molecular weight is 268 g/mol. The van der Waals surface area contributed by atoms with Gasteiger partial charge < -0.3 is 0 Å². The monoisotopic (exact) mass is 268 g/mol. The van der Waals surface area contributed by atoms with Crippen LogP contribution in [0.2, 0.25) is 0 Å². The molecule has 0 aliphatic heterocycles. The molecule has 0 amide bonds. The fourth-order valence-corrected chi connectivity index (χ4v) is 1.77. The lowest BCUT2D eigenvalue weighted by Crippen LogP contribution is -2.24. The Morgan fingerprint density at radius 3 is 2.53 bits per heavy atom. The van der Waals surface area contributed by atoms with E-state index < -0.39 is 17.3 Å². The minimum absolute atomic E-state index is 0.183. The number of hydrogen-bond donors (Lipinski definition) is 0. The van der Waals surface area contributed by atoms with E-state index in [0.29, 0.717) is 5.69 Å². The van der Waals surface area contributed by atoms with Gasteiger partial charge in [0.2, 0.25) is 0 Å². The zero-order chi connectivity index (χ0) is 14.2. The number of aryl methyl sites for hydroxylation is 2. The van der Waals surface area contributed by atoms with Gasteiger partial charge in [0, 0.05) is 17.6 Å². The first-order valence-electron chi connectivity index (χ1n) is 5.53. The zero-order valence-corrected chi connectivity index (χ0v) is 10.3. The van der Waals surface area contributed by atoms with Gasteiger partial charge in [-0.05, 0) is 32.0 Å². The lowest BCUT2D eigenvalue weighted by Gasteiger charge is -2.13. The van der Waals surface area contributed by atoms with Crippen molar-refractivity contribution < 1.29 is 13.2 Å². The molecule has 0 spiro atoms. The summed E-state index contributed by atoms with van der Waals surface area (Å²) in [7, 11) is 0. The molecule has 2 aromatic rings. The van der Waals surface area contributed by atoms with Gasteiger partial charge >= 0.3 is 6.18 Å². The number of alkyl halides is 3. The zero-order valence-electron chi connectivity index (χ0n) is 10.3. The van der Waals surface area contributed by atoms with Gasteiger partial charge in [-0.1, -0.05) is 6.07 Å². The molecule has 100 valence electrons. The van der Waals surface area contributed by atoms with Crippen LogP contribution in [0.1, 0.15) is 17.0 Å². The van der Waals surface area contributed by atoms with Gasteiger partial charge in [0.1, 0.15) is 5.69 Å². The van der Waals surface area contributed by atoms with Gasteiger partial charge in [-0.2, -0.15) is 13.2 Å². The highest BCUT2D eigenvalue weighted by molar-refractivity contribution is 5.38. The maximum Gasteiger partial charge on any atom is 0.416 e. The molecule has 3 nitrogen and oxygen atoms in total. The summed E-state index contributed by atoms with van der Waals surface area (Å²) in [6.45, 7) is 3.14. The maximum absolute atomic E-state index is 12.7. The predicted octanol–water partition coefficient (Wildman–Crippen LogP) is 2.87. The standard InChI is InChI=1S/C13H11F3N2O/c1-8-7-17-9(2)12(19)18(8)11-5-3-4-10(6-11)13(14,15)16/h3-7H,1-2H3. The minimum Gasteiger partial charge on any atom is -0.278 e. The summed E-state index contributed by atoms with van der Waals surface area (Å²) in [4.78, 5) is 15.9. The molecule has 19 heavy (non-hydrogen) atoms. The highest BCUT2D eigenvalue weighted by atomic mass is 19.4. The average Bonchev–Trinajstić information content (AvgIpc) is 2.34. The van der Waals surface area contributed by atoms with Crippen LogP contribution in [0, 0.1) is 13.8 Å². The van der Waals surface area contributed by atoms with E-state index in [2.05, 4.69) is 4.98 Å². The third-order valence-electron chi connectivity index (χ3n) is 2.74. The van der Waals surface area contributed by atoms with Crippen LogP contribution in [0.25, 0.3) is 5.69 Å². The molecule has 0 aliphatic carbocycles. The van der Waals surface area contributed by atoms with Gasteiger partial charge in [-0.15, -0.1) is 0 Å². The number of rotatable bonds is 1. The molecule has 0 saturated heterocycles. The maximum atomic E-state index is 12.7. The smallest absolute Gasteiger partial charge is 0.278 e. The summed E-state index contributed by atoms with van der Waals surface area (Å²) in [5.41, 5.74) is -0.300. The Morgan fingerprint density at radius 1 is 1.21 bits per heavy atom. The van der Waals surface area contributed by atoms with E-state index in [1.807, 2.05) is 0 Å². The molecule has 0 saturated carbocycles. The molecular formula is C13H11F3N2O. The van der Waals surface area contributed by atoms with Crippen LogP contribution in [-0.4, -0.2) is 9.55 Å². The van der Waals surface area contributed by atoms with Crippen molar-refractivity contribution in [3.8, 4) is 5.69 Å². The van der Waals surface area contributed by atoms with E-state index >= 15 is 0 Å². The predicted molar refractivity (Wildman–Crippen MR) is 64.3 cm³/mol. The largest absolute Gasteiger partial charge is 0.416 e. The topological polar surface area (TPSA) is 34.9 Å². The highest BCUT2D eigenvalue weighted by Crippen LogP contribution is 2.30. The van der Waals surface area contributed by atoms with E-state index in [9.17, 15) is 18.0 Å². The van der Waals surface area contributed by atoms with E-state index in [1.165, 1.54) is 29.8 Å². The number of hydrogen-bond acceptors (Lipinski definition) is 2. The van der Waals surface area contributed by atoms with Crippen LogP contribution in [0.15, 0.2) is 35.3 Å². The fourth-order valence-electron chi connectivity index (χ4n) is 1.77. The van der Waals surface area contributed by atoms with Crippen molar-refractivity contribution in [1.82, 2.24) is 9.55 Å². The van der Waals surface area contributed by atoms with Gasteiger partial charge in [0.05, 0.1) is 5.56 Å². The second-order valence-corrected chi connectivity index (χ2v) is 4.17. The molecule has 2 rings (SSSR count). The molecule has 1 heterocycles. The van der Waals surface area contributed by atoms with Crippen molar-refractivity contribution in [2.75, 3.05) is 0 Å². The summed E-state index contributed by atoms with van der Waals surface area (Å²) in [6.07, 6.45) is -2.98. The molecular weight excluding hydrogens is 257 g/mol. The first-order chi connectivity index (χ1) is 8.80. The Bertz CT molecular complexity index is 674. The van der Waals surface area contributed by atoms with Gasteiger partial charge in [-0.25, -0.2) is 0 Å². The molecule has 0 unspecified atom stereocenters. The number of benzene rings is 1. The molecule has 1 aromatic heterocycles. The molecule has 0 bridgehead atoms. The summed E-state index contributed by atoms with van der Waals surface area (Å²) < 4.78 is 39.2. The molecule has 0 atom stereocenters. The SMILES string of the molecule is Cc1ncc(C)n(-c2cccc(C(F)(F)F)c2)c1=O. The first kappa shape index (κ1) is 13.3. The Labute approximate surface area is 107 Å². The van der Waals surface area contributed by atoms with E-state index in [-0.39, 0.29) is 11.4 Å². The summed E-state index contributed by atoms with van der Waals surface area (Å²) >= 11 is 0. The van der Waals surface area contributed by atoms with Crippen molar-refractivity contribution in [3.05, 3.63) is 57.8 Å². The van der Waals surface area contributed by atoms with Gasteiger partial charge in [-0.3, -0.25) is 14.3 Å². The molecule has 0 N–H and O–H groups in total. The summed E-state index contributed by atoms with van der Waals surface area (Å²) in [6, 6.07) is 4.66. The second kappa shape index (κ2) is 4.53. The summed E-state index contributed by atoms with van der Waals surface area (Å²) in [5, 5.41) is 0. The van der Waals surface area contributed by atoms with Crippen molar-refractivity contribution in [1.29, 1.82) is 0 Å². The Hall–Kier alpha value is -2.11. The van der Waals surface area contributed by atoms with Crippen LogP contribution < -0.4 is 5.56 Å². The van der Waals surface area contributed by atoms with Crippen LogP contribution in [0.5, 0.6) is 0 Å². The van der Waals surface area contributed by atoms with E-state index in [1.54, 1.807) is 6.92 Å². The van der Waals surface area contributed by atoms with Crippen LogP contribution in [-0.2, 0) is 6.18 Å². The minimum atomic E-state index is -4.43. The Morgan fingerprint density at radius 2 is 1.89 bits per heavy atom. The second-order valence-electron chi connectivity index (χ2n) is 4.17. The van der Waals surface area contributed by atoms with Crippen molar-refractivity contribution in [2.45, 2.75) is 20.0 Å². The fraction of sp³-hybridized carbons (Fsp3) is 0.231. The van der Waals surface area contributed by atoms with Gasteiger partial charge in [0.15, 0.2) is 0 Å². The highest BCUT2D eigenvalue weighted by Gasteiger charge is 2.30. The molecule has 1 aromatic carbocycles. The van der Waals surface area contributed by atoms with Crippen LogP contribution in [0.4, 0.5) is 13.2 Å². The normalized spacial score (nSPS) is 11.6. The quantitative estimate of drug-likeness (QED) is 0.797. The third-order valence-corrected chi connectivity index (χ3v) is 2.74. The van der Waals surface area contributed by atoms with Gasteiger partial charge in [0.25, 0.3) is 5.56 Å². The van der Waals surface area contributed by atoms with Crippen molar-refractivity contribution in [3.63, 3.8) is 0 Å². The van der Waals surface area contributed by atoms with E-state index in [4.69, 9.17) is 0 Å².